The summed E-state index contributed by atoms with van der Waals surface area (Å²) in [7, 11) is -5.57. The maximum absolute atomic E-state index is 12.1. The van der Waals surface area contributed by atoms with Gasteiger partial charge in [0, 0.05) is 0 Å². The van der Waals surface area contributed by atoms with E-state index in [-0.39, 0.29) is 5.75 Å². The van der Waals surface area contributed by atoms with Crippen LogP contribution in [0.15, 0.2) is 18.2 Å². The van der Waals surface area contributed by atoms with E-state index in [9.17, 15) is 21.6 Å². The zero-order chi connectivity index (χ0) is 12.7. The number of hydrogen-bond donors (Lipinski definition) is 0. The van der Waals surface area contributed by atoms with Crippen molar-refractivity contribution in [1.82, 2.24) is 0 Å². The molecule has 1 aliphatic carbocycles. The second-order valence-corrected chi connectivity index (χ2v) is 5.31. The lowest BCUT2D eigenvalue weighted by atomic mass is 10.1. The largest absolute Gasteiger partial charge is 0.534 e. The zero-order valence-corrected chi connectivity index (χ0v) is 9.44. The van der Waals surface area contributed by atoms with Crippen LogP contribution >= 0.6 is 0 Å². The standard InChI is InChI=1S/C10H9F3O3S/c11-10(12,13)17(14,15)16-9-5-4-7-2-1-3-8(7)6-9/h4-6H,1-3H2. The van der Waals surface area contributed by atoms with Crippen LogP contribution in [0.5, 0.6) is 5.75 Å². The molecule has 0 fully saturated rings. The second kappa shape index (κ2) is 3.90. The van der Waals surface area contributed by atoms with Crippen LogP contribution in [0.25, 0.3) is 0 Å². The summed E-state index contributed by atoms with van der Waals surface area (Å²) in [6, 6.07) is 4.20. The van der Waals surface area contributed by atoms with Crippen molar-refractivity contribution in [3.05, 3.63) is 29.3 Å². The van der Waals surface area contributed by atoms with Crippen molar-refractivity contribution in [3.8, 4) is 5.75 Å². The number of benzene rings is 1. The Morgan fingerprint density at radius 1 is 1.12 bits per heavy atom. The molecule has 0 atom stereocenters. The van der Waals surface area contributed by atoms with Gasteiger partial charge in [-0.25, -0.2) is 0 Å². The minimum absolute atomic E-state index is 0.289. The molecular formula is C10H9F3O3S. The lowest BCUT2D eigenvalue weighted by molar-refractivity contribution is -0.0500. The monoisotopic (exact) mass is 266 g/mol. The molecule has 0 aliphatic heterocycles. The minimum atomic E-state index is -5.57. The molecule has 0 spiro atoms. The summed E-state index contributed by atoms with van der Waals surface area (Å²) in [4.78, 5) is 0. The van der Waals surface area contributed by atoms with E-state index in [4.69, 9.17) is 0 Å². The molecule has 94 valence electrons. The Balaban J connectivity index is 2.26. The van der Waals surface area contributed by atoms with Gasteiger partial charge in [-0.05, 0) is 42.5 Å². The molecule has 0 heterocycles. The lowest BCUT2D eigenvalue weighted by Gasteiger charge is -2.10. The van der Waals surface area contributed by atoms with Crippen molar-refractivity contribution in [3.63, 3.8) is 0 Å². The van der Waals surface area contributed by atoms with Crippen molar-refractivity contribution < 1.29 is 25.8 Å². The van der Waals surface area contributed by atoms with Crippen LogP contribution in [-0.2, 0) is 23.0 Å². The van der Waals surface area contributed by atoms with Gasteiger partial charge in [0.2, 0.25) is 0 Å². The van der Waals surface area contributed by atoms with Gasteiger partial charge < -0.3 is 4.18 Å². The fourth-order valence-corrected chi connectivity index (χ4v) is 2.23. The summed E-state index contributed by atoms with van der Waals surface area (Å²) in [6.07, 6.45) is 2.52. The first-order valence-electron chi connectivity index (χ1n) is 4.92. The average Bonchev–Trinajstić information content (AvgIpc) is 2.62. The maximum atomic E-state index is 12.1. The summed E-state index contributed by atoms with van der Waals surface area (Å²) >= 11 is 0. The van der Waals surface area contributed by atoms with E-state index >= 15 is 0 Å². The quantitative estimate of drug-likeness (QED) is 0.610. The van der Waals surface area contributed by atoms with E-state index in [1.165, 1.54) is 12.1 Å². The van der Waals surface area contributed by atoms with Crippen LogP contribution in [0.2, 0.25) is 0 Å². The third-order valence-corrected chi connectivity index (χ3v) is 3.54. The first kappa shape index (κ1) is 12.2. The number of rotatable bonds is 2. The van der Waals surface area contributed by atoms with E-state index < -0.39 is 15.6 Å². The van der Waals surface area contributed by atoms with Crippen molar-refractivity contribution in [2.24, 2.45) is 0 Å². The molecule has 0 bridgehead atoms. The minimum Gasteiger partial charge on any atom is -0.376 e. The Morgan fingerprint density at radius 3 is 2.41 bits per heavy atom. The summed E-state index contributed by atoms with van der Waals surface area (Å²) in [5, 5.41) is 0. The molecule has 0 radical (unpaired) electrons. The van der Waals surface area contributed by atoms with Crippen molar-refractivity contribution in [1.29, 1.82) is 0 Å². The molecule has 1 aromatic carbocycles. The van der Waals surface area contributed by atoms with E-state index in [1.54, 1.807) is 6.07 Å². The zero-order valence-electron chi connectivity index (χ0n) is 8.62. The van der Waals surface area contributed by atoms with Gasteiger partial charge in [-0.15, -0.1) is 0 Å². The van der Waals surface area contributed by atoms with Crippen LogP contribution in [0.3, 0.4) is 0 Å². The van der Waals surface area contributed by atoms with Crippen LogP contribution in [0.1, 0.15) is 17.5 Å². The molecule has 7 heteroatoms. The molecular weight excluding hydrogens is 257 g/mol. The van der Waals surface area contributed by atoms with Gasteiger partial charge >= 0.3 is 15.6 Å². The predicted octanol–water partition coefficient (Wildman–Crippen LogP) is 2.40. The molecule has 0 N–H and O–H groups in total. The van der Waals surface area contributed by atoms with E-state index in [1.807, 2.05) is 0 Å². The smallest absolute Gasteiger partial charge is 0.376 e. The molecule has 1 aliphatic rings. The van der Waals surface area contributed by atoms with Gasteiger partial charge in [0.1, 0.15) is 5.75 Å². The van der Waals surface area contributed by atoms with Crippen LogP contribution < -0.4 is 4.18 Å². The first-order valence-corrected chi connectivity index (χ1v) is 6.33. The molecule has 0 unspecified atom stereocenters. The number of halogens is 3. The molecule has 0 saturated carbocycles. The number of fused-ring (bicyclic) bond motifs is 1. The molecule has 0 amide bonds. The van der Waals surface area contributed by atoms with E-state index in [0.717, 1.165) is 30.4 Å². The van der Waals surface area contributed by atoms with Gasteiger partial charge in [0.05, 0.1) is 0 Å². The lowest BCUT2D eigenvalue weighted by Crippen LogP contribution is -2.28. The van der Waals surface area contributed by atoms with Gasteiger partial charge in [0.25, 0.3) is 0 Å². The van der Waals surface area contributed by atoms with Crippen LogP contribution in [0, 0.1) is 0 Å². The van der Waals surface area contributed by atoms with Gasteiger partial charge in [-0.3, -0.25) is 0 Å². The summed E-state index contributed by atoms with van der Waals surface area (Å²) in [5.41, 5.74) is -3.52. The summed E-state index contributed by atoms with van der Waals surface area (Å²) in [6.45, 7) is 0. The fourth-order valence-electron chi connectivity index (χ4n) is 1.77. The highest BCUT2D eigenvalue weighted by Gasteiger charge is 2.48. The Kier molecular flexibility index (Phi) is 2.81. The molecule has 0 saturated heterocycles. The Morgan fingerprint density at radius 2 is 1.76 bits per heavy atom. The molecule has 3 nitrogen and oxygen atoms in total. The van der Waals surface area contributed by atoms with E-state index in [2.05, 4.69) is 4.18 Å². The maximum Gasteiger partial charge on any atom is 0.534 e. The summed E-state index contributed by atoms with van der Waals surface area (Å²) < 4.78 is 61.8. The highest BCUT2D eigenvalue weighted by atomic mass is 32.2. The molecule has 1 aromatic rings. The Labute approximate surface area is 96.3 Å². The fraction of sp³-hybridized carbons (Fsp3) is 0.400. The summed E-state index contributed by atoms with van der Waals surface area (Å²) in [5.74, 6) is -0.289. The van der Waals surface area contributed by atoms with Crippen LogP contribution in [0.4, 0.5) is 13.2 Å². The van der Waals surface area contributed by atoms with Gasteiger partial charge in [0.15, 0.2) is 0 Å². The Hall–Kier alpha value is -1.24. The van der Waals surface area contributed by atoms with Gasteiger partial charge in [-0.1, -0.05) is 6.07 Å². The SMILES string of the molecule is O=S(=O)(Oc1ccc2c(c1)CCC2)C(F)(F)F. The highest BCUT2D eigenvalue weighted by Crippen LogP contribution is 2.30. The Bertz CT molecular complexity index is 534. The first-order chi connectivity index (χ1) is 7.79. The predicted molar refractivity (Wildman–Crippen MR) is 54.1 cm³/mol. The van der Waals surface area contributed by atoms with Crippen LogP contribution in [-0.4, -0.2) is 13.9 Å². The number of alkyl halides is 3. The third kappa shape index (κ3) is 2.38. The van der Waals surface area contributed by atoms with E-state index in [0.29, 0.717) is 0 Å². The van der Waals surface area contributed by atoms with Crippen molar-refractivity contribution >= 4 is 10.1 Å². The van der Waals surface area contributed by atoms with Gasteiger partial charge in [-0.2, -0.15) is 21.6 Å². The van der Waals surface area contributed by atoms with Crippen molar-refractivity contribution in [2.45, 2.75) is 24.8 Å². The number of hydrogen-bond acceptors (Lipinski definition) is 3. The average molecular weight is 266 g/mol. The number of aryl methyl sites for hydroxylation is 2. The topological polar surface area (TPSA) is 43.4 Å². The van der Waals surface area contributed by atoms with Crippen molar-refractivity contribution in [2.75, 3.05) is 0 Å². The normalized spacial score (nSPS) is 15.7. The molecule has 0 aromatic heterocycles. The highest BCUT2D eigenvalue weighted by molar-refractivity contribution is 7.87. The second-order valence-electron chi connectivity index (χ2n) is 3.77. The third-order valence-electron chi connectivity index (χ3n) is 2.56. The molecule has 2 rings (SSSR count). The molecule has 17 heavy (non-hydrogen) atoms.